The predicted octanol–water partition coefficient (Wildman–Crippen LogP) is 2.36. The third-order valence-electron chi connectivity index (χ3n) is 2.75. The Morgan fingerprint density at radius 1 is 1.60 bits per heavy atom. The zero-order valence-corrected chi connectivity index (χ0v) is 13.1. The van der Waals surface area contributed by atoms with Gasteiger partial charge in [0.15, 0.2) is 4.77 Å². The lowest BCUT2D eigenvalue weighted by molar-refractivity contribution is -0.121. The molecule has 5 nitrogen and oxygen atoms in total. The number of nitrogens with zero attached hydrogens (tertiary/aromatic N) is 1. The van der Waals surface area contributed by atoms with Crippen LogP contribution in [0.4, 0.5) is 4.39 Å². The van der Waals surface area contributed by atoms with Gasteiger partial charge in [0, 0.05) is 19.7 Å². The van der Waals surface area contributed by atoms with Crippen molar-refractivity contribution in [3.05, 3.63) is 27.2 Å². The van der Waals surface area contributed by atoms with Gasteiger partial charge in [0.25, 0.3) is 0 Å². The van der Waals surface area contributed by atoms with Crippen molar-refractivity contribution < 1.29 is 13.9 Å². The van der Waals surface area contributed by atoms with Crippen LogP contribution in [0.15, 0.2) is 16.6 Å². The predicted molar refractivity (Wildman–Crippen MR) is 79.7 cm³/mol. The molecule has 8 heteroatoms. The molecular formula is C12H13BrFN3O2S. The van der Waals surface area contributed by atoms with Crippen molar-refractivity contribution in [3.8, 4) is 0 Å². The fourth-order valence-corrected chi connectivity index (χ4v) is 2.42. The highest BCUT2D eigenvalue weighted by atomic mass is 79.9. The molecule has 20 heavy (non-hydrogen) atoms. The first-order chi connectivity index (χ1) is 9.52. The number of H-pyrrole nitrogens is 1. The number of aromatic nitrogens is 2. The third kappa shape index (κ3) is 3.25. The molecule has 2 rings (SSSR count). The normalized spacial score (nSPS) is 10.9. The molecule has 0 aliphatic rings. The second kappa shape index (κ2) is 6.47. The zero-order valence-electron chi connectivity index (χ0n) is 10.7. The van der Waals surface area contributed by atoms with Crippen LogP contribution in [0.1, 0.15) is 0 Å². The minimum Gasteiger partial charge on any atom is -0.383 e. The molecule has 0 atom stereocenters. The minimum atomic E-state index is -0.403. The highest BCUT2D eigenvalue weighted by molar-refractivity contribution is 9.10. The van der Waals surface area contributed by atoms with Gasteiger partial charge in [0.1, 0.15) is 12.4 Å². The van der Waals surface area contributed by atoms with E-state index in [0.717, 1.165) is 0 Å². The number of hydrogen-bond acceptors (Lipinski definition) is 3. The number of methoxy groups -OCH3 is 1. The summed E-state index contributed by atoms with van der Waals surface area (Å²) >= 11 is 8.27. The summed E-state index contributed by atoms with van der Waals surface area (Å²) in [5.74, 6) is -0.609. The second-order valence-electron chi connectivity index (χ2n) is 4.14. The summed E-state index contributed by atoms with van der Waals surface area (Å²) in [4.78, 5) is 14.7. The van der Waals surface area contributed by atoms with Crippen LogP contribution in [0, 0.1) is 10.6 Å². The van der Waals surface area contributed by atoms with E-state index in [0.29, 0.717) is 33.4 Å². The molecule has 0 spiro atoms. The molecule has 0 unspecified atom stereocenters. The molecule has 0 bridgehead atoms. The van der Waals surface area contributed by atoms with Crippen LogP contribution in [0.3, 0.4) is 0 Å². The summed E-state index contributed by atoms with van der Waals surface area (Å²) in [5, 5.41) is 2.69. The molecule has 0 saturated heterocycles. The van der Waals surface area contributed by atoms with Crippen LogP contribution in [-0.2, 0) is 16.1 Å². The largest absolute Gasteiger partial charge is 0.383 e. The van der Waals surface area contributed by atoms with Crippen molar-refractivity contribution in [3.63, 3.8) is 0 Å². The number of carbonyl (C=O) groups excluding carboxylic acids is 1. The van der Waals surface area contributed by atoms with E-state index in [9.17, 15) is 9.18 Å². The van der Waals surface area contributed by atoms with Gasteiger partial charge in [-0.3, -0.25) is 4.79 Å². The fraction of sp³-hybridized carbons (Fsp3) is 0.333. The van der Waals surface area contributed by atoms with Gasteiger partial charge in [-0.15, -0.1) is 0 Å². The quantitative estimate of drug-likeness (QED) is 0.634. The number of ether oxygens (including phenoxy) is 1. The van der Waals surface area contributed by atoms with E-state index in [-0.39, 0.29) is 12.5 Å². The first kappa shape index (κ1) is 15.1. The van der Waals surface area contributed by atoms with Crippen LogP contribution in [0.2, 0.25) is 0 Å². The van der Waals surface area contributed by atoms with E-state index >= 15 is 0 Å². The van der Waals surface area contributed by atoms with Crippen molar-refractivity contribution in [2.75, 3.05) is 20.3 Å². The van der Waals surface area contributed by atoms with Gasteiger partial charge >= 0.3 is 0 Å². The maximum absolute atomic E-state index is 13.6. The first-order valence-corrected chi connectivity index (χ1v) is 7.06. The molecule has 0 radical (unpaired) electrons. The smallest absolute Gasteiger partial charge is 0.240 e. The van der Waals surface area contributed by atoms with Crippen LogP contribution in [-0.4, -0.2) is 35.7 Å². The van der Waals surface area contributed by atoms with Crippen molar-refractivity contribution in [2.45, 2.75) is 6.54 Å². The molecule has 0 saturated carbocycles. The Morgan fingerprint density at radius 3 is 3.05 bits per heavy atom. The number of hydrogen-bond donors (Lipinski definition) is 2. The summed E-state index contributed by atoms with van der Waals surface area (Å²) < 4.78 is 20.7. The Hall–Kier alpha value is -1.25. The van der Waals surface area contributed by atoms with E-state index in [1.165, 1.54) is 6.07 Å². The van der Waals surface area contributed by atoms with E-state index < -0.39 is 5.82 Å². The van der Waals surface area contributed by atoms with Gasteiger partial charge in [-0.25, -0.2) is 4.39 Å². The van der Waals surface area contributed by atoms with E-state index in [1.54, 1.807) is 17.7 Å². The average molecular weight is 362 g/mol. The van der Waals surface area contributed by atoms with Crippen LogP contribution in [0.5, 0.6) is 0 Å². The number of halogens is 2. The Morgan fingerprint density at radius 2 is 2.35 bits per heavy atom. The summed E-state index contributed by atoms with van der Waals surface area (Å²) in [6, 6.07) is 2.94. The Balaban J connectivity index is 2.25. The number of carbonyl (C=O) groups is 1. The van der Waals surface area contributed by atoms with E-state index in [1.807, 2.05) is 0 Å². The van der Waals surface area contributed by atoms with Crippen molar-refractivity contribution >= 4 is 45.1 Å². The standard InChI is InChI=1S/C12H13BrFN3O2S/c1-19-3-2-15-11(18)6-17-10-5-8(14)7(13)4-9(10)16-12(17)20/h4-5H,2-3,6H2,1H3,(H,15,18)(H,16,20). The lowest BCUT2D eigenvalue weighted by Crippen LogP contribution is -2.30. The third-order valence-corrected chi connectivity index (χ3v) is 3.68. The van der Waals surface area contributed by atoms with Crippen molar-refractivity contribution in [2.24, 2.45) is 0 Å². The number of imidazole rings is 1. The molecule has 108 valence electrons. The minimum absolute atomic E-state index is 0.0314. The zero-order chi connectivity index (χ0) is 14.7. The number of fused-ring (bicyclic) bond motifs is 1. The monoisotopic (exact) mass is 361 g/mol. The first-order valence-electron chi connectivity index (χ1n) is 5.86. The molecule has 0 aliphatic carbocycles. The number of amides is 1. The lowest BCUT2D eigenvalue weighted by atomic mass is 10.3. The highest BCUT2D eigenvalue weighted by Gasteiger charge is 2.11. The summed E-state index contributed by atoms with van der Waals surface area (Å²) in [5.41, 5.74) is 1.23. The molecule has 1 aromatic heterocycles. The lowest BCUT2D eigenvalue weighted by Gasteiger charge is -2.06. The highest BCUT2D eigenvalue weighted by Crippen LogP contribution is 2.23. The Kier molecular flexibility index (Phi) is 4.90. The van der Waals surface area contributed by atoms with Gasteiger partial charge in [-0.1, -0.05) is 0 Å². The molecular weight excluding hydrogens is 349 g/mol. The maximum Gasteiger partial charge on any atom is 0.240 e. The number of aromatic amines is 1. The molecule has 0 aliphatic heterocycles. The van der Waals surface area contributed by atoms with Gasteiger partial charge in [0.05, 0.1) is 22.1 Å². The van der Waals surface area contributed by atoms with Gasteiger partial charge in [-0.2, -0.15) is 0 Å². The molecule has 1 amide bonds. The van der Waals surface area contributed by atoms with Gasteiger partial charge in [0.2, 0.25) is 5.91 Å². The second-order valence-corrected chi connectivity index (χ2v) is 5.38. The van der Waals surface area contributed by atoms with Gasteiger partial charge < -0.3 is 19.6 Å². The van der Waals surface area contributed by atoms with Gasteiger partial charge in [-0.05, 0) is 34.2 Å². The van der Waals surface area contributed by atoms with E-state index in [2.05, 4.69) is 26.2 Å². The van der Waals surface area contributed by atoms with Crippen LogP contribution >= 0.6 is 28.1 Å². The van der Waals surface area contributed by atoms with Crippen molar-refractivity contribution in [1.82, 2.24) is 14.9 Å². The summed E-state index contributed by atoms with van der Waals surface area (Å²) in [6.07, 6.45) is 0. The Bertz CT molecular complexity index is 698. The molecule has 2 aromatic rings. The summed E-state index contributed by atoms with van der Waals surface area (Å²) in [7, 11) is 1.56. The molecule has 1 heterocycles. The number of rotatable bonds is 5. The average Bonchev–Trinajstić information content (AvgIpc) is 2.67. The fourth-order valence-electron chi connectivity index (χ4n) is 1.80. The molecule has 0 fully saturated rings. The topological polar surface area (TPSA) is 59.0 Å². The van der Waals surface area contributed by atoms with E-state index in [4.69, 9.17) is 17.0 Å². The molecule has 1 aromatic carbocycles. The maximum atomic E-state index is 13.6. The number of benzene rings is 1. The number of nitrogens with one attached hydrogen (secondary N) is 2. The summed E-state index contributed by atoms with van der Waals surface area (Å²) in [6.45, 7) is 0.890. The van der Waals surface area contributed by atoms with Crippen molar-refractivity contribution in [1.29, 1.82) is 0 Å². The SMILES string of the molecule is COCCNC(=O)Cn1c(=S)[nH]c2cc(Br)c(F)cc21. The van der Waals surface area contributed by atoms with Crippen LogP contribution < -0.4 is 5.32 Å². The molecule has 2 N–H and O–H groups in total. The van der Waals surface area contributed by atoms with Crippen LogP contribution in [0.25, 0.3) is 11.0 Å². The Labute approximate surface area is 128 Å².